The number of aliphatic hydroxyl groups excluding tert-OH is 6. The van der Waals surface area contributed by atoms with Crippen LogP contribution in [0.25, 0.3) is 0 Å². The molecule has 7 N–H and O–H groups in total. The summed E-state index contributed by atoms with van der Waals surface area (Å²) < 4.78 is 33.5. The Morgan fingerprint density at radius 1 is 0.529 bits per heavy atom. The molecular weight excluding hydrogens is 892 g/mol. The third-order valence-corrected chi connectivity index (χ3v) is 11.4. The van der Waals surface area contributed by atoms with Crippen LogP contribution in [0.5, 0.6) is 0 Å². The Morgan fingerprint density at radius 3 is 1.57 bits per heavy atom. The third-order valence-electron chi connectivity index (χ3n) is 10.4. The van der Waals surface area contributed by atoms with E-state index < -0.39 is 81.8 Å². The second kappa shape index (κ2) is 41.0. The highest BCUT2D eigenvalue weighted by Gasteiger charge is 2.51. The molecule has 0 heterocycles. The fourth-order valence-corrected chi connectivity index (χ4v) is 7.48. The van der Waals surface area contributed by atoms with E-state index in [4.69, 9.17) is 18.5 Å². The summed E-state index contributed by atoms with van der Waals surface area (Å²) in [5, 5.41) is 60.3. The molecular formula is C53H83O14P. The van der Waals surface area contributed by atoms with Crippen molar-refractivity contribution in [2.75, 3.05) is 13.2 Å². The average Bonchev–Trinajstić information content (AvgIpc) is 3.32. The second-order valence-electron chi connectivity index (χ2n) is 16.4. The molecule has 0 spiro atoms. The van der Waals surface area contributed by atoms with Crippen LogP contribution in [0.4, 0.5) is 0 Å². The molecule has 1 aliphatic rings. The summed E-state index contributed by atoms with van der Waals surface area (Å²) in [5.41, 5.74) is 0. The van der Waals surface area contributed by atoms with E-state index in [0.29, 0.717) is 32.1 Å². The first-order valence-corrected chi connectivity index (χ1v) is 25.9. The number of allylic oxidation sites excluding steroid dienone is 18. The summed E-state index contributed by atoms with van der Waals surface area (Å²) >= 11 is 0. The van der Waals surface area contributed by atoms with Crippen molar-refractivity contribution in [3.05, 3.63) is 122 Å². The monoisotopic (exact) mass is 975 g/mol. The van der Waals surface area contributed by atoms with Crippen LogP contribution in [-0.2, 0) is 32.7 Å². The number of carbonyl (C=O) groups is 2. The third kappa shape index (κ3) is 32.9. The van der Waals surface area contributed by atoms with Crippen LogP contribution in [0.2, 0.25) is 0 Å². The lowest BCUT2D eigenvalue weighted by atomic mass is 9.85. The summed E-state index contributed by atoms with van der Waals surface area (Å²) in [5.74, 6) is -1.26. The number of esters is 2. The highest BCUT2D eigenvalue weighted by atomic mass is 31.2. The van der Waals surface area contributed by atoms with Crippen LogP contribution in [-0.4, -0.2) is 110 Å². The van der Waals surface area contributed by atoms with Crippen molar-refractivity contribution in [1.82, 2.24) is 0 Å². The molecule has 15 heteroatoms. The lowest BCUT2D eigenvalue weighted by Crippen LogP contribution is -2.64. The Kier molecular flexibility index (Phi) is 37.6. The van der Waals surface area contributed by atoms with E-state index in [1.54, 1.807) is 6.08 Å². The number of hydrogen-bond donors (Lipinski definition) is 7. The molecule has 0 radical (unpaired) electrons. The van der Waals surface area contributed by atoms with Crippen LogP contribution in [0.15, 0.2) is 122 Å². The number of ether oxygens (including phenoxy) is 2. The fourth-order valence-electron chi connectivity index (χ4n) is 6.50. The topological polar surface area (TPSA) is 230 Å². The highest BCUT2D eigenvalue weighted by molar-refractivity contribution is 7.47. The van der Waals surface area contributed by atoms with Gasteiger partial charge < -0.3 is 45.0 Å². The maximum absolute atomic E-state index is 12.8. The van der Waals surface area contributed by atoms with Crippen molar-refractivity contribution in [3.8, 4) is 0 Å². The van der Waals surface area contributed by atoms with E-state index in [9.17, 15) is 49.7 Å². The minimum atomic E-state index is -5.16. The number of phosphoric acid groups is 1. The van der Waals surface area contributed by atoms with Crippen LogP contribution in [0, 0.1) is 0 Å². The van der Waals surface area contributed by atoms with Gasteiger partial charge in [0.25, 0.3) is 0 Å². The summed E-state index contributed by atoms with van der Waals surface area (Å²) in [6, 6.07) is 0. The molecule has 14 nitrogen and oxygen atoms in total. The van der Waals surface area contributed by atoms with E-state index in [1.807, 2.05) is 54.7 Å². The number of carbonyl (C=O) groups excluding carboxylic acids is 2. The number of phosphoric ester groups is 1. The molecule has 1 rings (SSSR count). The van der Waals surface area contributed by atoms with Gasteiger partial charge in [-0.3, -0.25) is 18.6 Å². The molecule has 0 aromatic heterocycles. The van der Waals surface area contributed by atoms with Gasteiger partial charge in [-0.05, 0) is 83.5 Å². The van der Waals surface area contributed by atoms with E-state index >= 15 is 0 Å². The Bertz CT molecular complexity index is 1660. The number of aliphatic hydroxyl groups is 6. The summed E-state index contributed by atoms with van der Waals surface area (Å²) in [6.45, 7) is 2.92. The predicted molar refractivity (Wildman–Crippen MR) is 268 cm³/mol. The first-order valence-electron chi connectivity index (χ1n) is 24.4. The van der Waals surface area contributed by atoms with Crippen LogP contribution in [0.1, 0.15) is 136 Å². The lowest BCUT2D eigenvalue weighted by molar-refractivity contribution is -0.220. The fraction of sp³-hybridized carbons (Fsp3) is 0.585. The van der Waals surface area contributed by atoms with Crippen molar-refractivity contribution >= 4 is 19.8 Å². The Morgan fingerprint density at radius 2 is 1.00 bits per heavy atom. The van der Waals surface area contributed by atoms with Crippen molar-refractivity contribution in [1.29, 1.82) is 0 Å². The molecule has 384 valence electrons. The van der Waals surface area contributed by atoms with Crippen molar-refractivity contribution < 1.29 is 68.2 Å². The van der Waals surface area contributed by atoms with Gasteiger partial charge in [0.15, 0.2) is 6.10 Å². The van der Waals surface area contributed by atoms with Crippen LogP contribution < -0.4 is 0 Å². The van der Waals surface area contributed by atoms with E-state index in [0.717, 1.165) is 77.0 Å². The molecule has 1 aliphatic carbocycles. The van der Waals surface area contributed by atoms with Crippen molar-refractivity contribution in [2.45, 2.75) is 185 Å². The normalized spacial score (nSPS) is 22.5. The van der Waals surface area contributed by atoms with Gasteiger partial charge in [0.2, 0.25) is 0 Å². The van der Waals surface area contributed by atoms with E-state index in [2.05, 4.69) is 74.6 Å². The van der Waals surface area contributed by atoms with Crippen LogP contribution in [0.3, 0.4) is 0 Å². The van der Waals surface area contributed by atoms with Crippen molar-refractivity contribution in [3.63, 3.8) is 0 Å². The van der Waals surface area contributed by atoms with Gasteiger partial charge in [0.1, 0.15) is 43.2 Å². The van der Waals surface area contributed by atoms with E-state index in [-0.39, 0.29) is 12.8 Å². The minimum Gasteiger partial charge on any atom is -0.462 e. The van der Waals surface area contributed by atoms with Crippen molar-refractivity contribution in [2.24, 2.45) is 0 Å². The molecule has 0 amide bonds. The molecule has 0 saturated heterocycles. The van der Waals surface area contributed by atoms with Gasteiger partial charge in [-0.2, -0.15) is 0 Å². The summed E-state index contributed by atoms with van der Waals surface area (Å²) in [7, 11) is -5.16. The number of unbranched alkanes of at least 4 members (excludes halogenated alkanes) is 6. The molecule has 0 bridgehead atoms. The maximum Gasteiger partial charge on any atom is 0.472 e. The zero-order valence-electron chi connectivity index (χ0n) is 40.5. The Labute approximate surface area is 406 Å². The minimum absolute atomic E-state index is 0.00731. The largest absolute Gasteiger partial charge is 0.472 e. The molecule has 1 fully saturated rings. The summed E-state index contributed by atoms with van der Waals surface area (Å²) in [6.07, 6.45) is 41.3. The second-order valence-corrected chi connectivity index (χ2v) is 17.8. The first-order chi connectivity index (χ1) is 32.8. The average molecular weight is 975 g/mol. The molecule has 0 aliphatic heterocycles. The van der Waals surface area contributed by atoms with Gasteiger partial charge in [-0.15, -0.1) is 0 Å². The highest BCUT2D eigenvalue weighted by Crippen LogP contribution is 2.47. The van der Waals surface area contributed by atoms with Crippen LogP contribution >= 0.6 is 7.82 Å². The van der Waals surface area contributed by atoms with Gasteiger partial charge in [-0.25, -0.2) is 4.57 Å². The zero-order valence-corrected chi connectivity index (χ0v) is 41.3. The molecule has 1 saturated carbocycles. The van der Waals surface area contributed by atoms with Gasteiger partial charge in [0.05, 0.1) is 12.7 Å². The van der Waals surface area contributed by atoms with Gasteiger partial charge >= 0.3 is 19.8 Å². The molecule has 0 aromatic rings. The number of rotatable bonds is 38. The summed E-state index contributed by atoms with van der Waals surface area (Å²) in [4.78, 5) is 35.8. The predicted octanol–water partition coefficient (Wildman–Crippen LogP) is 9.14. The number of hydrogen-bond acceptors (Lipinski definition) is 13. The zero-order chi connectivity index (χ0) is 50.1. The van der Waals surface area contributed by atoms with Gasteiger partial charge in [-0.1, -0.05) is 161 Å². The first kappa shape index (κ1) is 62.2. The Hall–Kier alpha value is -3.79. The molecule has 9 atom stereocenters. The van der Waals surface area contributed by atoms with Gasteiger partial charge in [0, 0.05) is 12.8 Å². The molecule has 4 unspecified atom stereocenters. The Balaban J connectivity index is 2.53. The smallest absolute Gasteiger partial charge is 0.462 e. The standard InChI is InChI=1S/C53H83O14P/c1-3-5-7-9-11-12-13-14-15-16-17-18-19-20-21-26-29-33-37-41-47(56)66-45(43-65-68(62,63)67-53-51(60)49(58)48(57)50(59)52(53)61)42-64-46(55)40-36-32-28-25-23-22-24-27-31-35-39-44(54)38-34-30-10-8-6-4-2/h5-8,11-12,14-15,17-18,22-23,27-28,30-32,34-35,39,44-45,48-54,57-61H,3-4,9-10,13,16,19-21,24-26,29,33,36-38,40-43H2,1-2H3,(H,62,63)/b7-5-,8-6-,12-11-,15-14-,18-17-,23-22-,31-27-,32-28-,34-30-,39-35+/t44?,45-,48?,49-,50+,51-,52-,53?/m1/s1. The maximum atomic E-state index is 12.8. The SMILES string of the molecule is CC/C=C\C/C=C\C/C=C\C/C=C\CCCCCCCCC(=O)O[C@H](COC(=O)CC/C=C\C/C=C\C/C=C\C=C\C(O)C/C=C\C/C=C\CC)COP(=O)(O)OC1[C@H](O)[C@H](O)C(O)[C@H](O)[C@H]1O. The van der Waals surface area contributed by atoms with E-state index in [1.165, 1.54) is 0 Å². The molecule has 0 aromatic carbocycles. The lowest BCUT2D eigenvalue weighted by Gasteiger charge is -2.41. The molecule has 68 heavy (non-hydrogen) atoms. The quantitative estimate of drug-likeness (QED) is 0.0101.